The molecule has 1 saturated carbocycles. The van der Waals surface area contributed by atoms with E-state index in [4.69, 9.17) is 9.47 Å². The minimum atomic E-state index is -0.320. The second kappa shape index (κ2) is 8.06. The van der Waals surface area contributed by atoms with Gasteiger partial charge >= 0.3 is 0 Å². The van der Waals surface area contributed by atoms with Crippen LogP contribution in [0.25, 0.3) is 0 Å². The Morgan fingerprint density at radius 1 is 1.19 bits per heavy atom. The Kier molecular flexibility index (Phi) is 5.77. The molecule has 0 atom stereocenters. The van der Waals surface area contributed by atoms with Gasteiger partial charge in [0.2, 0.25) is 12.7 Å². The third-order valence-electron chi connectivity index (χ3n) is 5.44. The summed E-state index contributed by atoms with van der Waals surface area (Å²) in [5.41, 5.74) is 0.795. The molecule has 2 aliphatic rings. The zero-order valence-corrected chi connectivity index (χ0v) is 16.7. The maximum atomic E-state index is 12.7. The van der Waals surface area contributed by atoms with Crippen LogP contribution < -0.4 is 14.8 Å². The molecule has 7 heteroatoms. The highest BCUT2D eigenvalue weighted by Gasteiger charge is 2.42. The Morgan fingerprint density at radius 2 is 1.89 bits per heavy atom. The number of nitrogens with zero attached hydrogens (tertiary/aromatic N) is 3. The van der Waals surface area contributed by atoms with Crippen molar-refractivity contribution in [3.8, 4) is 11.5 Å². The van der Waals surface area contributed by atoms with E-state index in [0.717, 1.165) is 48.7 Å². The molecule has 1 fully saturated rings. The summed E-state index contributed by atoms with van der Waals surface area (Å²) in [6, 6.07) is 5.97. The van der Waals surface area contributed by atoms with Gasteiger partial charge in [0.15, 0.2) is 17.5 Å². The van der Waals surface area contributed by atoms with Crippen LogP contribution in [0.3, 0.4) is 0 Å². The van der Waals surface area contributed by atoms with E-state index in [1.807, 2.05) is 39.3 Å². The van der Waals surface area contributed by atoms with E-state index in [1.165, 1.54) is 0 Å². The molecule has 1 aromatic carbocycles. The Hall–Kier alpha value is -2.44. The van der Waals surface area contributed by atoms with Crippen molar-refractivity contribution in [1.82, 2.24) is 15.1 Å². The summed E-state index contributed by atoms with van der Waals surface area (Å²) < 4.78 is 10.8. The molecule has 1 N–H and O–H groups in total. The lowest BCUT2D eigenvalue weighted by atomic mass is 9.84. The van der Waals surface area contributed by atoms with Gasteiger partial charge in [0.1, 0.15) is 0 Å². The fourth-order valence-electron chi connectivity index (χ4n) is 4.01. The largest absolute Gasteiger partial charge is 0.454 e. The molecule has 7 nitrogen and oxygen atoms in total. The summed E-state index contributed by atoms with van der Waals surface area (Å²) in [6.45, 7) is 1.58. The Bertz CT molecular complexity index is 711. The van der Waals surface area contributed by atoms with Crippen molar-refractivity contribution in [3.05, 3.63) is 23.8 Å². The molecule has 1 amide bonds. The Labute approximate surface area is 161 Å². The molecule has 1 aromatic rings. The van der Waals surface area contributed by atoms with E-state index in [-0.39, 0.29) is 18.1 Å². The third kappa shape index (κ3) is 4.12. The molecule has 0 spiro atoms. The fraction of sp³-hybridized carbons (Fsp3) is 0.600. The quantitative estimate of drug-likeness (QED) is 0.631. The molecular weight excluding hydrogens is 344 g/mol. The van der Waals surface area contributed by atoms with Gasteiger partial charge in [-0.05, 0) is 30.5 Å². The average molecular weight is 374 g/mol. The summed E-state index contributed by atoms with van der Waals surface area (Å²) in [5, 5.41) is 3.43. The Morgan fingerprint density at radius 3 is 2.56 bits per heavy atom. The molecule has 0 radical (unpaired) electrons. The number of hydrogen-bond acceptors (Lipinski definition) is 4. The molecule has 0 unspecified atom stereocenters. The lowest BCUT2D eigenvalue weighted by Gasteiger charge is -2.32. The van der Waals surface area contributed by atoms with Crippen LogP contribution >= 0.6 is 0 Å². The number of carbonyl (C=O) groups is 1. The highest BCUT2D eigenvalue weighted by molar-refractivity contribution is 5.85. The van der Waals surface area contributed by atoms with Crippen molar-refractivity contribution >= 4 is 11.9 Å². The van der Waals surface area contributed by atoms with Crippen LogP contribution in [0.1, 0.15) is 31.2 Å². The third-order valence-corrected chi connectivity index (χ3v) is 5.44. The van der Waals surface area contributed by atoms with Crippen molar-refractivity contribution in [1.29, 1.82) is 0 Å². The first-order valence-electron chi connectivity index (χ1n) is 9.47. The van der Waals surface area contributed by atoms with Crippen LogP contribution in [-0.2, 0) is 11.3 Å². The average Bonchev–Trinajstić information content (AvgIpc) is 3.31. The van der Waals surface area contributed by atoms with Crippen LogP contribution in [0.2, 0.25) is 0 Å². The first kappa shape index (κ1) is 19.3. The van der Waals surface area contributed by atoms with Crippen LogP contribution in [-0.4, -0.2) is 63.2 Å². The van der Waals surface area contributed by atoms with Crippen molar-refractivity contribution < 1.29 is 14.3 Å². The number of fused-ring (bicyclic) bond motifs is 1. The first-order valence-corrected chi connectivity index (χ1v) is 9.47. The fourth-order valence-corrected chi connectivity index (χ4v) is 4.01. The molecule has 1 aliphatic heterocycles. The van der Waals surface area contributed by atoms with Crippen LogP contribution in [0.15, 0.2) is 23.2 Å². The molecule has 0 bridgehead atoms. The van der Waals surface area contributed by atoms with E-state index in [2.05, 4.69) is 15.2 Å². The number of guanidine groups is 1. The molecule has 1 heterocycles. The topological polar surface area (TPSA) is 66.4 Å². The zero-order valence-electron chi connectivity index (χ0n) is 16.7. The van der Waals surface area contributed by atoms with Gasteiger partial charge in [-0.3, -0.25) is 9.79 Å². The number of nitrogens with one attached hydrogen (secondary N) is 1. The molecule has 148 valence electrons. The lowest BCUT2D eigenvalue weighted by Crippen LogP contribution is -2.49. The molecule has 3 rings (SSSR count). The van der Waals surface area contributed by atoms with Gasteiger partial charge in [-0.25, -0.2) is 0 Å². The minimum Gasteiger partial charge on any atom is -0.454 e. The van der Waals surface area contributed by atoms with E-state index >= 15 is 0 Å². The van der Waals surface area contributed by atoms with Gasteiger partial charge < -0.3 is 24.6 Å². The van der Waals surface area contributed by atoms with E-state index in [0.29, 0.717) is 13.1 Å². The van der Waals surface area contributed by atoms with Gasteiger partial charge in [0, 0.05) is 41.3 Å². The number of benzene rings is 1. The maximum absolute atomic E-state index is 12.7. The lowest BCUT2D eigenvalue weighted by molar-refractivity contribution is -0.138. The van der Waals surface area contributed by atoms with Crippen molar-refractivity contribution in [2.75, 3.05) is 41.5 Å². The van der Waals surface area contributed by atoms with E-state index < -0.39 is 0 Å². The number of hydrogen-bond donors (Lipinski definition) is 1. The van der Waals surface area contributed by atoms with Gasteiger partial charge in [-0.2, -0.15) is 0 Å². The monoisotopic (exact) mass is 374 g/mol. The van der Waals surface area contributed by atoms with Crippen molar-refractivity contribution in [3.63, 3.8) is 0 Å². The standard InChI is InChI=1S/C20H30N4O3/c1-21-19(22-13-20(9-5-6-10-20)18(25)23(2)3)24(4)12-15-7-8-16-17(11-15)27-14-26-16/h7-8,11H,5-6,9-10,12-14H2,1-4H3,(H,21,22). The molecule has 27 heavy (non-hydrogen) atoms. The van der Waals surface area contributed by atoms with Gasteiger partial charge in [-0.15, -0.1) is 0 Å². The first-order chi connectivity index (χ1) is 12.9. The molecule has 0 saturated heterocycles. The molecule has 1 aliphatic carbocycles. The summed E-state index contributed by atoms with van der Waals surface area (Å²) in [7, 11) is 7.44. The second-order valence-electron chi connectivity index (χ2n) is 7.63. The van der Waals surface area contributed by atoms with Crippen LogP contribution in [0.5, 0.6) is 11.5 Å². The number of carbonyl (C=O) groups excluding carboxylic acids is 1. The van der Waals surface area contributed by atoms with Crippen LogP contribution in [0.4, 0.5) is 0 Å². The summed E-state index contributed by atoms with van der Waals surface area (Å²) in [4.78, 5) is 20.9. The maximum Gasteiger partial charge on any atom is 0.231 e. The predicted octanol–water partition coefficient (Wildman–Crippen LogP) is 2.07. The van der Waals surface area contributed by atoms with Crippen molar-refractivity contribution in [2.45, 2.75) is 32.2 Å². The van der Waals surface area contributed by atoms with E-state index in [1.54, 1.807) is 11.9 Å². The number of rotatable bonds is 5. The summed E-state index contributed by atoms with van der Waals surface area (Å²) in [5.74, 6) is 2.56. The second-order valence-corrected chi connectivity index (χ2v) is 7.63. The minimum absolute atomic E-state index is 0.210. The molecule has 0 aromatic heterocycles. The smallest absolute Gasteiger partial charge is 0.231 e. The van der Waals surface area contributed by atoms with Gasteiger partial charge in [-0.1, -0.05) is 18.9 Å². The molecular formula is C20H30N4O3. The zero-order chi connectivity index (χ0) is 19.4. The number of ether oxygens (including phenoxy) is 2. The highest BCUT2D eigenvalue weighted by atomic mass is 16.7. The highest BCUT2D eigenvalue weighted by Crippen LogP contribution is 2.39. The normalized spacial score (nSPS) is 17.7. The number of amides is 1. The van der Waals surface area contributed by atoms with Gasteiger partial charge in [0.25, 0.3) is 0 Å². The van der Waals surface area contributed by atoms with Crippen LogP contribution in [0, 0.1) is 5.41 Å². The van der Waals surface area contributed by atoms with E-state index in [9.17, 15) is 4.79 Å². The summed E-state index contributed by atoms with van der Waals surface area (Å²) >= 11 is 0. The SMILES string of the molecule is CN=C(NCC1(C(=O)N(C)C)CCCC1)N(C)Cc1ccc2c(c1)OCO2. The number of aliphatic imine (C=N–C) groups is 1. The predicted molar refractivity (Wildman–Crippen MR) is 105 cm³/mol. The van der Waals surface area contributed by atoms with Gasteiger partial charge in [0.05, 0.1) is 5.41 Å². The summed E-state index contributed by atoms with van der Waals surface area (Å²) in [6.07, 6.45) is 4.07. The Balaban J connectivity index is 1.63. The van der Waals surface area contributed by atoms with Crippen molar-refractivity contribution in [2.24, 2.45) is 10.4 Å².